The van der Waals surface area contributed by atoms with E-state index in [-0.39, 0.29) is 41.0 Å². The molecule has 0 amide bonds. The van der Waals surface area contributed by atoms with Crippen molar-refractivity contribution < 1.29 is 18.3 Å². The van der Waals surface area contributed by atoms with Crippen LogP contribution in [0.4, 0.5) is 10.1 Å². The number of carbonyl (C=O) groups is 1. The average Bonchev–Trinajstić information content (AvgIpc) is 2.87. The first-order chi connectivity index (χ1) is 18.1. The molecule has 0 spiro atoms. The first kappa shape index (κ1) is 28.4. The largest absolute Gasteiger partial charge is 0.401 e. The minimum Gasteiger partial charge on any atom is -0.401 e. The Kier molecular flexibility index (Phi) is 8.72. The second kappa shape index (κ2) is 11.7. The second-order valence-electron chi connectivity index (χ2n) is 11.0. The number of aldehydes is 1. The third-order valence-corrected chi connectivity index (χ3v) is 12.4. The number of halogens is 2. The molecule has 1 aliphatic heterocycles. The first-order valence-electron chi connectivity index (χ1n) is 13.0. The average molecular weight is 555 g/mol. The SMILES string of the molecule is C[C@@H]1CN(c2c(CO[Si](c3ccccc3)(c3ccccc3)C(C)(C)C)nc(CC=O)c(F)c2Cl)C[C@H](C)O1. The molecule has 1 saturated heterocycles. The Morgan fingerprint density at radius 1 is 1.03 bits per heavy atom. The van der Waals surface area contributed by atoms with Crippen molar-refractivity contribution in [2.24, 2.45) is 0 Å². The summed E-state index contributed by atoms with van der Waals surface area (Å²) in [6, 6.07) is 20.6. The fourth-order valence-corrected chi connectivity index (χ4v) is 10.4. The fourth-order valence-electron chi connectivity index (χ4n) is 5.56. The number of carbonyl (C=O) groups excluding carboxylic acids is 1. The molecule has 0 radical (unpaired) electrons. The Morgan fingerprint density at radius 3 is 2.03 bits per heavy atom. The number of pyridine rings is 1. The van der Waals surface area contributed by atoms with E-state index in [0.717, 1.165) is 10.4 Å². The molecule has 2 atom stereocenters. The summed E-state index contributed by atoms with van der Waals surface area (Å²) in [4.78, 5) is 18.0. The van der Waals surface area contributed by atoms with Crippen molar-refractivity contribution in [2.45, 2.75) is 64.9 Å². The zero-order valence-corrected chi connectivity index (χ0v) is 24.5. The molecule has 0 unspecified atom stereocenters. The molecule has 3 aromatic rings. The van der Waals surface area contributed by atoms with Gasteiger partial charge >= 0.3 is 0 Å². The number of hydrogen-bond acceptors (Lipinski definition) is 5. The summed E-state index contributed by atoms with van der Waals surface area (Å²) < 4.78 is 28.4. The predicted molar refractivity (Wildman–Crippen MR) is 154 cm³/mol. The van der Waals surface area contributed by atoms with E-state index in [0.29, 0.717) is 30.8 Å². The minimum atomic E-state index is -2.89. The lowest BCUT2D eigenvalue weighted by Crippen LogP contribution is -2.66. The van der Waals surface area contributed by atoms with Crippen LogP contribution in [0.5, 0.6) is 0 Å². The third-order valence-electron chi connectivity index (χ3n) is 7.05. The number of morpholine rings is 1. The molecule has 1 fully saturated rings. The number of hydrogen-bond donors (Lipinski definition) is 0. The monoisotopic (exact) mass is 554 g/mol. The van der Waals surface area contributed by atoms with Crippen molar-refractivity contribution in [3.63, 3.8) is 0 Å². The topological polar surface area (TPSA) is 51.7 Å². The predicted octanol–water partition coefficient (Wildman–Crippen LogP) is 5.31. The van der Waals surface area contributed by atoms with Crippen LogP contribution in [0.25, 0.3) is 0 Å². The summed E-state index contributed by atoms with van der Waals surface area (Å²) in [5.41, 5.74) is 1.07. The maximum atomic E-state index is 15.3. The Morgan fingerprint density at radius 2 is 1.55 bits per heavy atom. The van der Waals surface area contributed by atoms with Crippen LogP contribution < -0.4 is 15.3 Å². The van der Waals surface area contributed by atoms with Gasteiger partial charge in [-0.1, -0.05) is 93.0 Å². The summed E-state index contributed by atoms with van der Waals surface area (Å²) in [7, 11) is -2.89. The molecule has 38 heavy (non-hydrogen) atoms. The first-order valence-corrected chi connectivity index (χ1v) is 15.3. The molecule has 202 valence electrons. The molecule has 0 saturated carbocycles. The summed E-state index contributed by atoms with van der Waals surface area (Å²) in [6.07, 6.45) is 0.372. The van der Waals surface area contributed by atoms with Gasteiger partial charge in [-0.15, -0.1) is 0 Å². The standard InChI is InChI=1S/C30H36ClFN2O3Si/c1-21-18-34(19-22(2)37-21)29-26(33-25(16-17-35)28(32)27(29)31)20-36-38(30(3,4)5,23-12-8-6-9-13-23)24-14-10-7-11-15-24/h6-15,17,21-22H,16,18-20H2,1-5H3/t21-,22+. The van der Waals surface area contributed by atoms with Crippen LogP contribution in [0.15, 0.2) is 60.7 Å². The van der Waals surface area contributed by atoms with E-state index in [9.17, 15) is 4.79 Å². The van der Waals surface area contributed by atoms with Gasteiger partial charge < -0.3 is 18.9 Å². The van der Waals surface area contributed by atoms with Gasteiger partial charge in [0.15, 0.2) is 5.82 Å². The van der Waals surface area contributed by atoms with Crippen LogP contribution >= 0.6 is 11.6 Å². The molecular weight excluding hydrogens is 519 g/mol. The van der Waals surface area contributed by atoms with E-state index < -0.39 is 14.1 Å². The van der Waals surface area contributed by atoms with Crippen molar-refractivity contribution in [3.05, 3.63) is 82.9 Å². The summed E-state index contributed by atoms with van der Waals surface area (Å²) in [5, 5.41) is 2.00. The molecular formula is C30H36ClFN2O3Si. The number of nitrogens with zero attached hydrogens (tertiary/aromatic N) is 2. The van der Waals surface area contributed by atoms with Gasteiger partial charge in [0.2, 0.25) is 0 Å². The van der Waals surface area contributed by atoms with Gasteiger partial charge in [-0.2, -0.15) is 0 Å². The van der Waals surface area contributed by atoms with Gasteiger partial charge in [0.1, 0.15) is 11.3 Å². The highest BCUT2D eigenvalue weighted by Gasteiger charge is 2.50. The quantitative estimate of drug-likeness (QED) is 0.279. The summed E-state index contributed by atoms with van der Waals surface area (Å²) >= 11 is 6.68. The lowest BCUT2D eigenvalue weighted by atomic mass is 10.1. The lowest BCUT2D eigenvalue weighted by molar-refractivity contribution is -0.107. The highest BCUT2D eigenvalue weighted by molar-refractivity contribution is 6.99. The van der Waals surface area contributed by atoms with Gasteiger partial charge in [-0.25, -0.2) is 9.37 Å². The molecule has 2 heterocycles. The highest BCUT2D eigenvalue weighted by atomic mass is 35.5. The normalized spacial score (nSPS) is 18.4. The Labute approximate surface area is 231 Å². The number of benzene rings is 2. The minimum absolute atomic E-state index is 0.0285. The van der Waals surface area contributed by atoms with E-state index in [1.807, 2.05) is 55.1 Å². The molecule has 0 N–H and O–H groups in total. The summed E-state index contributed by atoms with van der Waals surface area (Å²) in [5.74, 6) is -0.658. The van der Waals surface area contributed by atoms with Crippen LogP contribution in [-0.4, -0.2) is 44.9 Å². The smallest absolute Gasteiger partial charge is 0.261 e. The van der Waals surface area contributed by atoms with E-state index in [4.69, 9.17) is 20.8 Å². The number of ether oxygens (including phenoxy) is 1. The lowest BCUT2D eigenvalue weighted by Gasteiger charge is -2.43. The van der Waals surface area contributed by atoms with Gasteiger partial charge in [0, 0.05) is 19.5 Å². The maximum absolute atomic E-state index is 15.3. The Bertz CT molecular complexity index is 1200. The van der Waals surface area contributed by atoms with Crippen molar-refractivity contribution in [2.75, 3.05) is 18.0 Å². The second-order valence-corrected chi connectivity index (χ2v) is 15.7. The Hall–Kier alpha value is -2.58. The summed E-state index contributed by atoms with van der Waals surface area (Å²) in [6.45, 7) is 11.8. The van der Waals surface area contributed by atoms with Crippen LogP contribution in [-0.2, 0) is 27.0 Å². The molecule has 1 aliphatic rings. The molecule has 2 aromatic carbocycles. The zero-order valence-electron chi connectivity index (χ0n) is 22.7. The van der Waals surface area contributed by atoms with Gasteiger partial charge in [0.25, 0.3) is 8.32 Å². The van der Waals surface area contributed by atoms with E-state index in [1.165, 1.54) is 0 Å². The number of rotatable bonds is 8. The molecule has 1 aromatic heterocycles. The van der Waals surface area contributed by atoms with E-state index in [2.05, 4.69) is 50.0 Å². The third kappa shape index (κ3) is 5.57. The van der Waals surface area contributed by atoms with Crippen molar-refractivity contribution in [1.29, 1.82) is 0 Å². The molecule has 8 heteroatoms. The van der Waals surface area contributed by atoms with E-state index in [1.54, 1.807) is 0 Å². The molecule has 0 bridgehead atoms. The van der Waals surface area contributed by atoms with Crippen LogP contribution in [0.1, 0.15) is 46.0 Å². The number of anilines is 1. The number of aromatic nitrogens is 1. The molecule has 0 aliphatic carbocycles. The van der Waals surface area contributed by atoms with Gasteiger partial charge in [0.05, 0.1) is 35.9 Å². The molecule has 4 rings (SSSR count). The maximum Gasteiger partial charge on any atom is 0.261 e. The zero-order chi connectivity index (χ0) is 27.5. The van der Waals surface area contributed by atoms with Crippen LogP contribution in [0.2, 0.25) is 10.1 Å². The molecule has 5 nitrogen and oxygen atoms in total. The Balaban J connectivity index is 1.87. The van der Waals surface area contributed by atoms with Crippen molar-refractivity contribution >= 4 is 42.3 Å². The van der Waals surface area contributed by atoms with Gasteiger partial charge in [-0.05, 0) is 29.3 Å². The van der Waals surface area contributed by atoms with Gasteiger partial charge in [-0.3, -0.25) is 0 Å². The highest BCUT2D eigenvalue weighted by Crippen LogP contribution is 2.40. The fraction of sp³-hybridized carbons (Fsp3) is 0.400. The van der Waals surface area contributed by atoms with Crippen molar-refractivity contribution in [1.82, 2.24) is 4.98 Å². The van der Waals surface area contributed by atoms with Crippen LogP contribution in [0, 0.1) is 5.82 Å². The van der Waals surface area contributed by atoms with Crippen LogP contribution in [0.3, 0.4) is 0 Å². The van der Waals surface area contributed by atoms with Crippen molar-refractivity contribution in [3.8, 4) is 0 Å². The van der Waals surface area contributed by atoms with E-state index >= 15 is 4.39 Å².